The molecule has 0 aliphatic heterocycles. The zero-order valence-electron chi connectivity index (χ0n) is 22.3. The van der Waals surface area contributed by atoms with Gasteiger partial charge < -0.3 is 4.90 Å². The highest BCUT2D eigenvalue weighted by Gasteiger charge is 2.02. The summed E-state index contributed by atoms with van der Waals surface area (Å²) < 4.78 is 0. The standard InChI is InChI=1S/C30H59NO/c1-4-6-7-8-9-10-11-12-13-14-15-16-17-18-19-20-21-22-23-24-25-26-27-28-29-31(3)30(32)5-2/h5H,2,4,6-29H2,1,3H3. The van der Waals surface area contributed by atoms with Crippen molar-refractivity contribution in [2.45, 2.75) is 161 Å². The van der Waals surface area contributed by atoms with E-state index in [1.807, 2.05) is 7.05 Å². The minimum Gasteiger partial charge on any atom is -0.342 e. The maximum Gasteiger partial charge on any atom is 0.245 e. The number of amides is 1. The van der Waals surface area contributed by atoms with E-state index in [1.165, 1.54) is 154 Å². The number of carbonyl (C=O) groups is 1. The summed E-state index contributed by atoms with van der Waals surface area (Å²) in [5.41, 5.74) is 0. The average molecular weight is 450 g/mol. The lowest BCUT2D eigenvalue weighted by Crippen LogP contribution is -2.25. The Morgan fingerprint density at radius 2 is 0.781 bits per heavy atom. The summed E-state index contributed by atoms with van der Waals surface area (Å²) in [7, 11) is 1.86. The van der Waals surface area contributed by atoms with Crippen molar-refractivity contribution < 1.29 is 4.79 Å². The lowest BCUT2D eigenvalue weighted by atomic mass is 10.0. The van der Waals surface area contributed by atoms with Gasteiger partial charge in [0.2, 0.25) is 5.91 Å². The summed E-state index contributed by atoms with van der Waals surface area (Å²) in [6.45, 7) is 6.70. The van der Waals surface area contributed by atoms with Gasteiger partial charge in [0.1, 0.15) is 0 Å². The van der Waals surface area contributed by atoms with E-state index < -0.39 is 0 Å². The van der Waals surface area contributed by atoms with Crippen LogP contribution in [0.15, 0.2) is 12.7 Å². The Hall–Kier alpha value is -0.790. The Morgan fingerprint density at radius 3 is 1.03 bits per heavy atom. The van der Waals surface area contributed by atoms with Crippen LogP contribution >= 0.6 is 0 Å². The summed E-state index contributed by atoms with van der Waals surface area (Å²) in [5.74, 6) is 0.0408. The number of rotatable bonds is 26. The second-order valence-corrected chi connectivity index (χ2v) is 10.1. The molecule has 0 unspecified atom stereocenters. The molecule has 0 rings (SSSR count). The highest BCUT2D eigenvalue weighted by Crippen LogP contribution is 2.15. The van der Waals surface area contributed by atoms with Gasteiger partial charge in [-0.25, -0.2) is 0 Å². The second-order valence-electron chi connectivity index (χ2n) is 10.1. The van der Waals surface area contributed by atoms with Gasteiger partial charge in [-0.05, 0) is 12.5 Å². The normalized spacial score (nSPS) is 11.1. The van der Waals surface area contributed by atoms with E-state index in [0.29, 0.717) is 0 Å². The van der Waals surface area contributed by atoms with Crippen LogP contribution in [-0.2, 0) is 4.79 Å². The van der Waals surface area contributed by atoms with Gasteiger partial charge in [-0.2, -0.15) is 0 Å². The van der Waals surface area contributed by atoms with Crippen molar-refractivity contribution in [3.63, 3.8) is 0 Å². The van der Waals surface area contributed by atoms with Gasteiger partial charge in [0.05, 0.1) is 0 Å². The molecule has 0 spiro atoms. The van der Waals surface area contributed by atoms with Crippen LogP contribution in [0.1, 0.15) is 161 Å². The summed E-state index contributed by atoms with van der Waals surface area (Å²) in [6, 6.07) is 0. The Labute approximate surface area is 203 Å². The Kier molecular flexibility index (Phi) is 25.8. The molecular formula is C30H59NO. The fourth-order valence-electron chi connectivity index (χ4n) is 4.58. The summed E-state index contributed by atoms with van der Waals surface area (Å²) in [5, 5.41) is 0. The highest BCUT2D eigenvalue weighted by molar-refractivity contribution is 5.86. The fourth-order valence-corrected chi connectivity index (χ4v) is 4.58. The molecule has 0 aromatic rings. The number of carbonyl (C=O) groups excluding carboxylic acids is 1. The van der Waals surface area contributed by atoms with Crippen LogP contribution in [0.5, 0.6) is 0 Å². The molecule has 190 valence electrons. The summed E-state index contributed by atoms with van der Waals surface area (Å²) in [6.07, 6.45) is 35.4. The molecule has 2 nitrogen and oxygen atoms in total. The molecule has 0 fully saturated rings. The maximum atomic E-state index is 11.4. The molecule has 0 heterocycles. The first-order valence-corrected chi connectivity index (χ1v) is 14.6. The number of hydrogen-bond donors (Lipinski definition) is 0. The lowest BCUT2D eigenvalue weighted by molar-refractivity contribution is -0.124. The first-order valence-electron chi connectivity index (χ1n) is 14.6. The predicted molar refractivity (Wildman–Crippen MR) is 144 cm³/mol. The highest BCUT2D eigenvalue weighted by atomic mass is 16.2. The van der Waals surface area contributed by atoms with Crippen LogP contribution in [-0.4, -0.2) is 24.4 Å². The van der Waals surface area contributed by atoms with Crippen molar-refractivity contribution in [3.8, 4) is 0 Å². The zero-order valence-corrected chi connectivity index (χ0v) is 22.3. The lowest BCUT2D eigenvalue weighted by Gasteiger charge is -2.14. The van der Waals surface area contributed by atoms with Crippen molar-refractivity contribution in [3.05, 3.63) is 12.7 Å². The van der Waals surface area contributed by atoms with Crippen molar-refractivity contribution in [2.24, 2.45) is 0 Å². The van der Waals surface area contributed by atoms with Crippen molar-refractivity contribution in [1.29, 1.82) is 0 Å². The van der Waals surface area contributed by atoms with E-state index in [-0.39, 0.29) is 5.91 Å². The molecule has 0 atom stereocenters. The number of nitrogens with zero attached hydrogens (tertiary/aromatic N) is 1. The van der Waals surface area contributed by atoms with Crippen molar-refractivity contribution >= 4 is 5.91 Å². The van der Waals surface area contributed by atoms with Crippen LogP contribution in [0.2, 0.25) is 0 Å². The third-order valence-electron chi connectivity index (χ3n) is 6.90. The number of likely N-dealkylation sites (N-methyl/N-ethyl adjacent to an activating group) is 1. The van der Waals surface area contributed by atoms with Crippen LogP contribution in [0, 0.1) is 0 Å². The Morgan fingerprint density at radius 1 is 0.531 bits per heavy atom. The zero-order chi connectivity index (χ0) is 23.5. The van der Waals surface area contributed by atoms with Crippen LogP contribution in [0.4, 0.5) is 0 Å². The summed E-state index contributed by atoms with van der Waals surface area (Å²) in [4.78, 5) is 13.1. The van der Waals surface area contributed by atoms with Gasteiger partial charge in [0.25, 0.3) is 0 Å². The number of hydrogen-bond acceptors (Lipinski definition) is 1. The van der Waals surface area contributed by atoms with E-state index in [4.69, 9.17) is 0 Å². The van der Waals surface area contributed by atoms with Crippen LogP contribution in [0.3, 0.4) is 0 Å². The molecule has 0 radical (unpaired) electrons. The molecular weight excluding hydrogens is 390 g/mol. The monoisotopic (exact) mass is 449 g/mol. The second kappa shape index (κ2) is 26.5. The molecule has 0 aliphatic rings. The van der Waals surface area contributed by atoms with Crippen molar-refractivity contribution in [1.82, 2.24) is 4.90 Å². The van der Waals surface area contributed by atoms with Gasteiger partial charge in [-0.1, -0.05) is 161 Å². The van der Waals surface area contributed by atoms with Gasteiger partial charge >= 0.3 is 0 Å². The molecule has 0 bridgehead atoms. The first kappa shape index (κ1) is 31.2. The van der Waals surface area contributed by atoms with Gasteiger partial charge in [0.15, 0.2) is 0 Å². The minimum atomic E-state index is 0.0408. The fraction of sp³-hybridized carbons (Fsp3) is 0.900. The molecule has 0 aromatic carbocycles. The molecule has 2 heteroatoms. The quantitative estimate of drug-likeness (QED) is 0.0949. The largest absolute Gasteiger partial charge is 0.342 e. The summed E-state index contributed by atoms with van der Waals surface area (Å²) >= 11 is 0. The van der Waals surface area contributed by atoms with E-state index in [1.54, 1.807) is 4.90 Å². The maximum absolute atomic E-state index is 11.4. The molecule has 0 N–H and O–H groups in total. The van der Waals surface area contributed by atoms with Crippen molar-refractivity contribution in [2.75, 3.05) is 13.6 Å². The van der Waals surface area contributed by atoms with Crippen LogP contribution < -0.4 is 0 Å². The molecule has 32 heavy (non-hydrogen) atoms. The molecule has 0 saturated heterocycles. The van der Waals surface area contributed by atoms with Gasteiger partial charge in [-0.15, -0.1) is 0 Å². The SMILES string of the molecule is C=CC(=O)N(C)CCCCCCCCCCCCCCCCCCCCCCCCCC. The van der Waals surface area contributed by atoms with E-state index in [0.717, 1.165) is 13.0 Å². The van der Waals surface area contributed by atoms with Gasteiger partial charge in [0, 0.05) is 13.6 Å². The van der Waals surface area contributed by atoms with E-state index in [2.05, 4.69) is 13.5 Å². The molecule has 0 aliphatic carbocycles. The average Bonchev–Trinajstić information content (AvgIpc) is 2.81. The molecule has 1 amide bonds. The minimum absolute atomic E-state index is 0.0408. The third-order valence-corrected chi connectivity index (χ3v) is 6.90. The van der Waals surface area contributed by atoms with Gasteiger partial charge in [-0.3, -0.25) is 4.79 Å². The predicted octanol–water partition coefficient (Wildman–Crippen LogP) is 10.0. The first-order chi connectivity index (χ1) is 15.7. The molecule has 0 aromatic heterocycles. The van der Waals surface area contributed by atoms with E-state index >= 15 is 0 Å². The molecule has 0 saturated carbocycles. The Balaban J connectivity index is 3.08. The third kappa shape index (κ3) is 23.9. The van der Waals surface area contributed by atoms with E-state index in [9.17, 15) is 4.79 Å². The Bertz CT molecular complexity index is 392. The van der Waals surface area contributed by atoms with Crippen LogP contribution in [0.25, 0.3) is 0 Å². The topological polar surface area (TPSA) is 20.3 Å². The smallest absolute Gasteiger partial charge is 0.245 e. The number of unbranched alkanes of at least 4 members (excludes halogenated alkanes) is 23.